The first-order valence-corrected chi connectivity index (χ1v) is 8.24. The molecule has 3 rings (SSSR count). The van der Waals surface area contributed by atoms with Crippen molar-refractivity contribution in [2.45, 2.75) is 18.3 Å². The van der Waals surface area contributed by atoms with Crippen LogP contribution in [0.3, 0.4) is 0 Å². The third kappa shape index (κ3) is 3.55. The summed E-state index contributed by atoms with van der Waals surface area (Å²) in [4.78, 5) is 24.3. The van der Waals surface area contributed by atoms with Gasteiger partial charge in [0.05, 0.1) is 15.5 Å². The van der Waals surface area contributed by atoms with Gasteiger partial charge in [0.1, 0.15) is 0 Å². The second-order valence-electron chi connectivity index (χ2n) is 5.70. The van der Waals surface area contributed by atoms with Crippen molar-refractivity contribution in [3.63, 3.8) is 0 Å². The van der Waals surface area contributed by atoms with E-state index in [-0.39, 0.29) is 12.6 Å². The van der Waals surface area contributed by atoms with Gasteiger partial charge in [0, 0.05) is 5.69 Å². The Hall–Kier alpha value is -2.04. The molecular weight excluding hydrogens is 349 g/mol. The molecule has 4 nitrogen and oxygen atoms in total. The molecule has 24 heavy (non-hydrogen) atoms. The smallest absolute Gasteiger partial charge is 0.317 e. The maximum atomic E-state index is 12.3. The first-order chi connectivity index (χ1) is 11.5. The summed E-state index contributed by atoms with van der Waals surface area (Å²) in [6, 6.07) is 14.2. The first-order valence-electron chi connectivity index (χ1n) is 7.49. The largest absolute Gasteiger partial charge is 0.455 e. The molecule has 0 saturated heterocycles. The van der Waals surface area contributed by atoms with Crippen LogP contribution in [-0.4, -0.2) is 18.5 Å². The van der Waals surface area contributed by atoms with E-state index in [0.717, 1.165) is 18.4 Å². The zero-order valence-electron chi connectivity index (χ0n) is 12.7. The molecule has 0 heterocycles. The number of hydrogen-bond acceptors (Lipinski definition) is 3. The molecule has 1 amide bonds. The highest BCUT2D eigenvalue weighted by atomic mass is 35.5. The van der Waals surface area contributed by atoms with Crippen molar-refractivity contribution in [3.05, 3.63) is 64.1 Å². The zero-order chi connectivity index (χ0) is 17.2. The third-order valence-corrected chi connectivity index (χ3v) is 4.74. The lowest BCUT2D eigenvalue weighted by molar-refractivity contribution is -0.150. The van der Waals surface area contributed by atoms with Gasteiger partial charge in [-0.05, 0) is 36.6 Å². The van der Waals surface area contributed by atoms with Crippen molar-refractivity contribution in [2.75, 3.05) is 11.9 Å². The van der Waals surface area contributed by atoms with Crippen LogP contribution in [0.4, 0.5) is 5.69 Å². The minimum atomic E-state index is -0.592. The fraction of sp³-hybridized carbons (Fsp3) is 0.222. The fourth-order valence-electron chi connectivity index (χ4n) is 2.53. The molecule has 0 atom stereocenters. The highest BCUT2D eigenvalue weighted by Gasteiger charge is 2.52. The number of ether oxygens (including phenoxy) is 1. The molecule has 0 spiro atoms. The Morgan fingerprint density at radius 1 is 1.04 bits per heavy atom. The summed E-state index contributed by atoms with van der Waals surface area (Å²) in [7, 11) is 0. The van der Waals surface area contributed by atoms with Crippen LogP contribution in [-0.2, 0) is 19.7 Å². The minimum absolute atomic E-state index is 0.340. The summed E-state index contributed by atoms with van der Waals surface area (Å²) in [5.74, 6) is -0.788. The molecule has 1 aliphatic carbocycles. The second-order valence-corrected chi connectivity index (χ2v) is 6.52. The summed E-state index contributed by atoms with van der Waals surface area (Å²) < 4.78 is 5.20. The van der Waals surface area contributed by atoms with Gasteiger partial charge in [-0.1, -0.05) is 53.5 Å². The van der Waals surface area contributed by atoms with Gasteiger partial charge >= 0.3 is 5.97 Å². The van der Waals surface area contributed by atoms with Crippen LogP contribution in [0.15, 0.2) is 48.5 Å². The predicted molar refractivity (Wildman–Crippen MR) is 93.4 cm³/mol. The second kappa shape index (κ2) is 6.83. The van der Waals surface area contributed by atoms with Gasteiger partial charge in [-0.2, -0.15) is 0 Å². The number of hydrogen-bond donors (Lipinski definition) is 1. The number of anilines is 1. The third-order valence-electron chi connectivity index (χ3n) is 4.00. The average Bonchev–Trinajstić information content (AvgIpc) is 3.39. The first kappa shape index (κ1) is 16.8. The van der Waals surface area contributed by atoms with Gasteiger partial charge in [-0.15, -0.1) is 0 Å². The monoisotopic (exact) mass is 363 g/mol. The van der Waals surface area contributed by atoms with Crippen LogP contribution in [0.1, 0.15) is 18.4 Å². The van der Waals surface area contributed by atoms with Crippen molar-refractivity contribution in [2.24, 2.45) is 0 Å². The van der Waals surface area contributed by atoms with E-state index in [0.29, 0.717) is 15.7 Å². The van der Waals surface area contributed by atoms with Crippen molar-refractivity contribution in [1.29, 1.82) is 0 Å². The Morgan fingerprint density at radius 2 is 1.75 bits per heavy atom. The Bertz CT molecular complexity index is 773. The van der Waals surface area contributed by atoms with E-state index in [1.54, 1.807) is 12.1 Å². The molecule has 6 heteroatoms. The summed E-state index contributed by atoms with van der Waals surface area (Å²) in [6.45, 7) is -0.340. The topological polar surface area (TPSA) is 55.4 Å². The van der Waals surface area contributed by atoms with Crippen molar-refractivity contribution < 1.29 is 14.3 Å². The summed E-state index contributed by atoms with van der Waals surface area (Å²) in [6.07, 6.45) is 1.48. The number of carbonyl (C=O) groups is 2. The van der Waals surface area contributed by atoms with E-state index >= 15 is 0 Å². The fourth-order valence-corrected chi connectivity index (χ4v) is 2.83. The van der Waals surface area contributed by atoms with Gasteiger partial charge in [0.2, 0.25) is 0 Å². The Balaban J connectivity index is 1.56. The summed E-state index contributed by atoms with van der Waals surface area (Å²) in [5.41, 5.74) is 0.833. The number of rotatable bonds is 5. The number of amides is 1. The van der Waals surface area contributed by atoms with Gasteiger partial charge in [-0.25, -0.2) is 0 Å². The Morgan fingerprint density at radius 3 is 2.38 bits per heavy atom. The lowest BCUT2D eigenvalue weighted by Gasteiger charge is -2.14. The Labute approximate surface area is 149 Å². The Kier molecular flexibility index (Phi) is 4.78. The molecular formula is C18H15Cl2NO3. The van der Waals surface area contributed by atoms with Crippen LogP contribution in [0.5, 0.6) is 0 Å². The van der Waals surface area contributed by atoms with Gasteiger partial charge in [0.25, 0.3) is 5.91 Å². The molecule has 0 unspecified atom stereocenters. The van der Waals surface area contributed by atoms with Crippen LogP contribution < -0.4 is 5.32 Å². The van der Waals surface area contributed by atoms with Crippen molar-refractivity contribution in [1.82, 2.24) is 0 Å². The molecule has 1 N–H and O–H groups in total. The molecule has 0 radical (unpaired) electrons. The predicted octanol–water partition coefficient (Wildman–Crippen LogP) is 4.21. The van der Waals surface area contributed by atoms with Crippen LogP contribution in [0, 0.1) is 0 Å². The number of carbonyl (C=O) groups excluding carboxylic acids is 2. The average molecular weight is 364 g/mol. The number of benzene rings is 2. The summed E-state index contributed by atoms with van der Waals surface area (Å²) in [5, 5.41) is 3.36. The lowest BCUT2D eigenvalue weighted by atomic mass is 9.96. The number of nitrogens with one attached hydrogen (secondary N) is 1. The SMILES string of the molecule is O=C(COC(=O)C1(c2ccccc2)CC1)Nc1ccc(Cl)c(Cl)c1. The maximum absolute atomic E-state index is 12.3. The van der Waals surface area contributed by atoms with Crippen molar-refractivity contribution >= 4 is 40.8 Å². The van der Waals surface area contributed by atoms with E-state index in [4.69, 9.17) is 27.9 Å². The lowest BCUT2D eigenvalue weighted by Crippen LogP contribution is -2.28. The molecule has 0 aliphatic heterocycles. The molecule has 1 fully saturated rings. The normalized spacial score (nSPS) is 14.8. The van der Waals surface area contributed by atoms with Crippen LogP contribution in [0.25, 0.3) is 0 Å². The molecule has 0 aromatic heterocycles. The van der Waals surface area contributed by atoms with E-state index in [9.17, 15) is 9.59 Å². The number of halogens is 2. The van der Waals surface area contributed by atoms with E-state index in [1.165, 1.54) is 6.07 Å². The molecule has 1 saturated carbocycles. The molecule has 2 aromatic carbocycles. The zero-order valence-corrected chi connectivity index (χ0v) is 14.2. The molecule has 1 aliphatic rings. The van der Waals surface area contributed by atoms with Crippen LogP contribution in [0.2, 0.25) is 10.0 Å². The van der Waals surface area contributed by atoms with Gasteiger partial charge in [-0.3, -0.25) is 9.59 Å². The highest BCUT2D eigenvalue weighted by molar-refractivity contribution is 6.42. The van der Waals surface area contributed by atoms with E-state index in [2.05, 4.69) is 5.32 Å². The standard InChI is InChI=1S/C18H15Cl2NO3/c19-14-7-6-13(10-15(14)20)21-16(22)11-24-17(23)18(8-9-18)12-4-2-1-3-5-12/h1-7,10H,8-9,11H2,(H,21,22). The quantitative estimate of drug-likeness (QED) is 0.809. The minimum Gasteiger partial charge on any atom is -0.455 e. The number of esters is 1. The van der Waals surface area contributed by atoms with E-state index < -0.39 is 11.3 Å². The molecule has 2 aromatic rings. The molecule has 124 valence electrons. The van der Waals surface area contributed by atoms with Crippen molar-refractivity contribution in [3.8, 4) is 0 Å². The van der Waals surface area contributed by atoms with Gasteiger partial charge in [0.15, 0.2) is 6.61 Å². The highest BCUT2D eigenvalue weighted by Crippen LogP contribution is 2.49. The van der Waals surface area contributed by atoms with Crippen LogP contribution >= 0.6 is 23.2 Å². The summed E-state index contributed by atoms with van der Waals surface area (Å²) >= 11 is 11.7. The van der Waals surface area contributed by atoms with Gasteiger partial charge < -0.3 is 10.1 Å². The van der Waals surface area contributed by atoms with E-state index in [1.807, 2.05) is 30.3 Å². The maximum Gasteiger partial charge on any atom is 0.317 e. The molecule has 0 bridgehead atoms.